The normalized spacial score (nSPS) is 38.6. The van der Waals surface area contributed by atoms with E-state index in [-0.39, 0.29) is 30.0 Å². The molecule has 0 bridgehead atoms. The van der Waals surface area contributed by atoms with Gasteiger partial charge < -0.3 is 15.3 Å². The third-order valence-corrected chi connectivity index (χ3v) is 8.23. The summed E-state index contributed by atoms with van der Waals surface area (Å²) >= 11 is 0. The van der Waals surface area contributed by atoms with Gasteiger partial charge in [0.05, 0.1) is 12.2 Å². The van der Waals surface area contributed by atoms with Crippen LogP contribution in [0.1, 0.15) is 90.9 Å². The van der Waals surface area contributed by atoms with Crippen LogP contribution in [0.3, 0.4) is 0 Å². The Kier molecular flexibility index (Phi) is 7.25. The topological polar surface area (TPSA) is 77.8 Å². The van der Waals surface area contributed by atoms with Crippen LogP contribution in [0, 0.1) is 29.1 Å². The van der Waals surface area contributed by atoms with E-state index in [1.54, 1.807) is 0 Å². The van der Waals surface area contributed by atoms with Crippen molar-refractivity contribution in [2.75, 3.05) is 0 Å². The van der Waals surface area contributed by atoms with Crippen molar-refractivity contribution in [3.8, 4) is 0 Å². The molecule has 0 spiro atoms. The van der Waals surface area contributed by atoms with Gasteiger partial charge in [0, 0.05) is 6.42 Å². The second kappa shape index (κ2) is 9.30. The van der Waals surface area contributed by atoms with Crippen molar-refractivity contribution in [3.05, 3.63) is 11.6 Å². The van der Waals surface area contributed by atoms with Gasteiger partial charge in [0.1, 0.15) is 0 Å². The summed E-state index contributed by atoms with van der Waals surface area (Å²) in [7, 11) is 0. The number of aliphatic hydroxyl groups excluding tert-OH is 2. The van der Waals surface area contributed by atoms with E-state index in [2.05, 4.69) is 19.9 Å². The lowest BCUT2D eigenvalue weighted by Crippen LogP contribution is -2.57. The van der Waals surface area contributed by atoms with Gasteiger partial charge in [-0.1, -0.05) is 57.6 Å². The second-order valence-electron chi connectivity index (χ2n) is 10.1. The van der Waals surface area contributed by atoms with Crippen LogP contribution in [0.4, 0.5) is 0 Å². The molecule has 3 N–H and O–H groups in total. The fraction of sp³-hybridized carbons (Fsp3) is 0.875. The summed E-state index contributed by atoms with van der Waals surface area (Å²) in [5.74, 6) is 1.07. The zero-order valence-electron chi connectivity index (χ0n) is 17.8. The Morgan fingerprint density at radius 2 is 1.96 bits per heavy atom. The van der Waals surface area contributed by atoms with Crippen LogP contribution in [-0.2, 0) is 4.79 Å². The van der Waals surface area contributed by atoms with Crippen molar-refractivity contribution < 1.29 is 20.1 Å². The molecule has 0 aromatic carbocycles. The maximum atomic E-state index is 10.8. The van der Waals surface area contributed by atoms with E-state index in [9.17, 15) is 15.0 Å². The Hall–Kier alpha value is -0.870. The highest BCUT2D eigenvalue weighted by atomic mass is 16.4. The Morgan fingerprint density at radius 3 is 2.64 bits per heavy atom. The summed E-state index contributed by atoms with van der Waals surface area (Å²) in [6, 6.07) is 0. The van der Waals surface area contributed by atoms with Gasteiger partial charge in [-0.25, -0.2) is 0 Å². The highest BCUT2D eigenvalue weighted by Crippen LogP contribution is 2.64. The fourth-order valence-electron chi connectivity index (χ4n) is 6.87. The van der Waals surface area contributed by atoms with Crippen LogP contribution in [0.5, 0.6) is 0 Å². The predicted molar refractivity (Wildman–Crippen MR) is 111 cm³/mol. The number of hydrogen-bond donors (Lipinski definition) is 3. The van der Waals surface area contributed by atoms with Crippen LogP contribution in [-0.4, -0.2) is 33.5 Å². The zero-order chi connectivity index (χ0) is 20.3. The van der Waals surface area contributed by atoms with Gasteiger partial charge in [0.25, 0.3) is 0 Å². The molecule has 3 rings (SSSR count). The molecule has 3 fully saturated rings. The van der Waals surface area contributed by atoms with Crippen molar-refractivity contribution >= 4 is 5.97 Å². The molecule has 4 heteroatoms. The van der Waals surface area contributed by atoms with Crippen molar-refractivity contribution in [3.63, 3.8) is 0 Å². The highest BCUT2D eigenvalue weighted by molar-refractivity contribution is 5.66. The van der Waals surface area contributed by atoms with E-state index in [0.29, 0.717) is 24.2 Å². The number of aliphatic carboxylic acids is 1. The van der Waals surface area contributed by atoms with Crippen molar-refractivity contribution in [2.24, 2.45) is 29.1 Å². The SMILES string of the molecule is CC1C(=CCCC(=O)O)[C@@]2(C)CC[C@@H](O)[C@H](CCC(O)CC3CCCCC3)[C@@H]12. The lowest BCUT2D eigenvalue weighted by Gasteiger charge is -2.62. The Labute approximate surface area is 170 Å². The first-order chi connectivity index (χ1) is 13.3. The molecular weight excluding hydrogens is 352 g/mol. The fourth-order valence-corrected chi connectivity index (χ4v) is 6.87. The molecule has 0 amide bonds. The largest absolute Gasteiger partial charge is 0.481 e. The maximum absolute atomic E-state index is 10.8. The Morgan fingerprint density at radius 1 is 1.25 bits per heavy atom. The molecule has 4 nitrogen and oxygen atoms in total. The average Bonchev–Trinajstić information content (AvgIpc) is 2.66. The molecule has 3 saturated carbocycles. The number of allylic oxidation sites excluding steroid dienone is 2. The van der Waals surface area contributed by atoms with E-state index in [4.69, 9.17) is 5.11 Å². The van der Waals surface area contributed by atoms with Crippen LogP contribution in [0.2, 0.25) is 0 Å². The van der Waals surface area contributed by atoms with E-state index in [1.165, 1.54) is 37.7 Å². The first-order valence-corrected chi connectivity index (χ1v) is 11.6. The first-order valence-electron chi connectivity index (χ1n) is 11.6. The average molecular weight is 393 g/mol. The second-order valence-corrected chi connectivity index (χ2v) is 10.1. The summed E-state index contributed by atoms with van der Waals surface area (Å²) in [6.07, 6.45) is 13.4. The van der Waals surface area contributed by atoms with Gasteiger partial charge in [0.2, 0.25) is 0 Å². The summed E-state index contributed by atoms with van der Waals surface area (Å²) in [4.78, 5) is 10.8. The summed E-state index contributed by atoms with van der Waals surface area (Å²) in [5, 5.41) is 30.2. The van der Waals surface area contributed by atoms with Crippen molar-refractivity contribution in [2.45, 2.75) is 103 Å². The molecular formula is C24H40O4. The van der Waals surface area contributed by atoms with Crippen LogP contribution >= 0.6 is 0 Å². The standard InChI is InChI=1S/C24H40O4/c1-16-20(9-6-10-22(27)28)24(2)14-13-21(26)19(23(16)24)12-11-18(25)15-17-7-4-3-5-8-17/h9,16-19,21,23,25-26H,3-8,10-15H2,1-2H3,(H,27,28)/t16?,18?,19-,21+,23+,24+/m0/s1. The van der Waals surface area contributed by atoms with Gasteiger partial charge in [-0.15, -0.1) is 0 Å². The summed E-state index contributed by atoms with van der Waals surface area (Å²) in [5.41, 5.74) is 1.51. The Balaban J connectivity index is 1.56. The van der Waals surface area contributed by atoms with Gasteiger partial charge in [-0.3, -0.25) is 4.79 Å². The molecule has 3 aliphatic carbocycles. The number of rotatable bonds is 8. The summed E-state index contributed by atoms with van der Waals surface area (Å²) in [6.45, 7) is 4.55. The van der Waals surface area contributed by atoms with E-state index in [1.807, 2.05) is 0 Å². The van der Waals surface area contributed by atoms with Gasteiger partial charge in [-0.05, 0) is 67.6 Å². The van der Waals surface area contributed by atoms with Gasteiger partial charge >= 0.3 is 5.97 Å². The third-order valence-electron chi connectivity index (χ3n) is 8.23. The number of hydrogen-bond acceptors (Lipinski definition) is 3. The molecule has 0 aromatic heterocycles. The quantitative estimate of drug-likeness (QED) is 0.512. The van der Waals surface area contributed by atoms with Gasteiger partial charge in [0.15, 0.2) is 0 Å². The minimum Gasteiger partial charge on any atom is -0.481 e. The van der Waals surface area contributed by atoms with Crippen molar-refractivity contribution in [1.29, 1.82) is 0 Å². The van der Waals surface area contributed by atoms with E-state index < -0.39 is 5.97 Å². The lowest BCUT2D eigenvalue weighted by molar-refractivity contribution is -0.136. The maximum Gasteiger partial charge on any atom is 0.303 e. The molecule has 0 aliphatic heterocycles. The minimum atomic E-state index is -0.741. The monoisotopic (exact) mass is 392 g/mol. The molecule has 0 aromatic rings. The predicted octanol–water partition coefficient (Wildman–Crippen LogP) is 4.93. The van der Waals surface area contributed by atoms with Crippen molar-refractivity contribution in [1.82, 2.24) is 0 Å². The molecule has 0 saturated heterocycles. The molecule has 28 heavy (non-hydrogen) atoms. The number of fused-ring (bicyclic) bond motifs is 1. The highest BCUT2D eigenvalue weighted by Gasteiger charge is 2.58. The number of aliphatic hydroxyl groups is 2. The first kappa shape index (κ1) is 21.8. The smallest absolute Gasteiger partial charge is 0.303 e. The number of carboxylic acid groups (broad SMARTS) is 1. The van der Waals surface area contributed by atoms with Crippen LogP contribution in [0.25, 0.3) is 0 Å². The lowest BCUT2D eigenvalue weighted by atomic mass is 9.43. The zero-order valence-corrected chi connectivity index (χ0v) is 17.8. The van der Waals surface area contributed by atoms with E-state index >= 15 is 0 Å². The molecule has 0 heterocycles. The molecule has 160 valence electrons. The molecule has 2 unspecified atom stereocenters. The molecule has 6 atom stereocenters. The summed E-state index contributed by atoms with van der Waals surface area (Å²) < 4.78 is 0. The molecule has 0 radical (unpaired) electrons. The van der Waals surface area contributed by atoms with Gasteiger partial charge in [-0.2, -0.15) is 0 Å². The number of carbonyl (C=O) groups is 1. The van der Waals surface area contributed by atoms with Crippen LogP contribution in [0.15, 0.2) is 11.6 Å². The minimum absolute atomic E-state index is 0.107. The number of carboxylic acids is 1. The van der Waals surface area contributed by atoms with E-state index in [0.717, 1.165) is 32.1 Å². The Bertz CT molecular complexity index is 565. The molecule has 3 aliphatic rings. The third kappa shape index (κ3) is 4.64. The van der Waals surface area contributed by atoms with Crippen LogP contribution < -0.4 is 0 Å².